The molecule has 0 aromatic heterocycles. The van der Waals surface area contributed by atoms with Crippen molar-refractivity contribution in [2.24, 2.45) is 34.5 Å². The molecule has 1 saturated heterocycles. The number of hydrogen-bond donors (Lipinski definition) is 1. The first-order chi connectivity index (χ1) is 14.2. The molecule has 4 fully saturated rings. The summed E-state index contributed by atoms with van der Waals surface area (Å²) in [6.45, 7) is 7.49. The summed E-state index contributed by atoms with van der Waals surface area (Å²) in [4.78, 5) is 14.5. The molecule has 8 atom stereocenters. The van der Waals surface area contributed by atoms with Crippen LogP contribution in [0, 0.1) is 34.5 Å². The fourth-order valence-electron chi connectivity index (χ4n) is 8.29. The molecule has 4 aliphatic rings. The number of rotatable bonds is 2. The molecule has 0 bridgehead atoms. The van der Waals surface area contributed by atoms with Crippen LogP contribution in [0.5, 0.6) is 5.75 Å². The molecular formula is C26H38N2O2. The molecule has 2 unspecified atom stereocenters. The quantitative estimate of drug-likeness (QED) is 0.688. The summed E-state index contributed by atoms with van der Waals surface area (Å²) in [5.41, 5.74) is 7.29. The van der Waals surface area contributed by atoms with Gasteiger partial charge in [0.2, 0.25) is 5.91 Å². The SMILES string of the molecule is CC1C[C@H]2N(C)C(=O)CC[C@]2(C)[C@H]2CC[C@]3(C)C[C@@H](Oc4ccc(N)cc4)C[C@H]3C12. The zero-order chi connectivity index (χ0) is 21.3. The first-order valence-corrected chi connectivity index (χ1v) is 12.0. The van der Waals surface area contributed by atoms with E-state index in [4.69, 9.17) is 10.5 Å². The molecule has 3 saturated carbocycles. The summed E-state index contributed by atoms with van der Waals surface area (Å²) in [5, 5.41) is 0. The predicted molar refractivity (Wildman–Crippen MR) is 120 cm³/mol. The lowest BCUT2D eigenvalue weighted by atomic mass is 9.45. The third kappa shape index (κ3) is 2.97. The summed E-state index contributed by atoms with van der Waals surface area (Å²) in [6.07, 6.45) is 8.21. The van der Waals surface area contributed by atoms with Gasteiger partial charge in [0.15, 0.2) is 0 Å². The molecule has 1 aromatic carbocycles. The van der Waals surface area contributed by atoms with Crippen molar-refractivity contribution >= 4 is 11.6 Å². The van der Waals surface area contributed by atoms with Gasteiger partial charge in [-0.25, -0.2) is 0 Å². The number of nitrogens with zero attached hydrogens (tertiary/aromatic N) is 1. The number of fused-ring (bicyclic) bond motifs is 5. The van der Waals surface area contributed by atoms with Gasteiger partial charge in [-0.15, -0.1) is 0 Å². The van der Waals surface area contributed by atoms with Gasteiger partial charge in [-0.2, -0.15) is 0 Å². The van der Waals surface area contributed by atoms with Gasteiger partial charge in [0.25, 0.3) is 0 Å². The largest absolute Gasteiger partial charge is 0.490 e. The van der Waals surface area contributed by atoms with E-state index in [0.29, 0.717) is 29.4 Å². The maximum Gasteiger partial charge on any atom is 0.222 e. The molecule has 1 aromatic rings. The van der Waals surface area contributed by atoms with E-state index in [-0.39, 0.29) is 5.41 Å². The second-order valence-corrected chi connectivity index (χ2v) is 11.5. The van der Waals surface area contributed by atoms with Gasteiger partial charge in [-0.1, -0.05) is 20.8 Å². The van der Waals surface area contributed by atoms with Crippen LogP contribution in [-0.2, 0) is 4.79 Å². The number of benzene rings is 1. The van der Waals surface area contributed by atoms with Gasteiger partial charge in [-0.05, 0) is 97.3 Å². The van der Waals surface area contributed by atoms with Gasteiger partial charge in [0.1, 0.15) is 5.75 Å². The van der Waals surface area contributed by atoms with Gasteiger partial charge in [0.05, 0.1) is 6.10 Å². The Morgan fingerprint density at radius 2 is 1.83 bits per heavy atom. The summed E-state index contributed by atoms with van der Waals surface area (Å²) in [7, 11) is 2.05. The van der Waals surface area contributed by atoms with E-state index in [0.717, 1.165) is 54.9 Å². The van der Waals surface area contributed by atoms with E-state index in [2.05, 4.69) is 32.7 Å². The molecule has 1 aliphatic heterocycles. The van der Waals surface area contributed by atoms with Crippen LogP contribution >= 0.6 is 0 Å². The fourth-order valence-corrected chi connectivity index (χ4v) is 8.29. The van der Waals surface area contributed by atoms with Crippen LogP contribution < -0.4 is 10.5 Å². The molecule has 1 amide bonds. The topological polar surface area (TPSA) is 55.6 Å². The lowest BCUT2D eigenvalue weighted by Crippen LogP contribution is -2.62. The van der Waals surface area contributed by atoms with Crippen LogP contribution in [0.25, 0.3) is 0 Å². The van der Waals surface area contributed by atoms with Crippen molar-refractivity contribution < 1.29 is 9.53 Å². The van der Waals surface area contributed by atoms with Gasteiger partial charge >= 0.3 is 0 Å². The fraction of sp³-hybridized carbons (Fsp3) is 0.731. The van der Waals surface area contributed by atoms with Crippen molar-refractivity contribution in [2.75, 3.05) is 12.8 Å². The Bertz CT molecular complexity index is 823. The number of anilines is 1. The molecule has 4 heteroatoms. The van der Waals surface area contributed by atoms with E-state index in [1.807, 2.05) is 24.3 Å². The summed E-state index contributed by atoms with van der Waals surface area (Å²) >= 11 is 0. The third-order valence-corrected chi connectivity index (χ3v) is 9.84. The number of hydrogen-bond acceptors (Lipinski definition) is 3. The Morgan fingerprint density at radius 1 is 1.10 bits per heavy atom. The molecule has 4 nitrogen and oxygen atoms in total. The number of likely N-dealkylation sites (tertiary alicyclic amines) is 1. The highest BCUT2D eigenvalue weighted by molar-refractivity contribution is 5.77. The Morgan fingerprint density at radius 3 is 2.57 bits per heavy atom. The van der Waals surface area contributed by atoms with Crippen LogP contribution in [0.2, 0.25) is 0 Å². The Hall–Kier alpha value is -1.71. The van der Waals surface area contributed by atoms with Crippen molar-refractivity contribution in [1.82, 2.24) is 4.90 Å². The molecule has 3 aliphatic carbocycles. The van der Waals surface area contributed by atoms with Gasteiger partial charge in [-0.3, -0.25) is 4.79 Å². The minimum absolute atomic E-state index is 0.275. The highest BCUT2D eigenvalue weighted by Gasteiger charge is 2.62. The minimum Gasteiger partial charge on any atom is -0.490 e. The van der Waals surface area contributed by atoms with Gasteiger partial charge in [0, 0.05) is 25.2 Å². The van der Waals surface area contributed by atoms with Crippen molar-refractivity contribution in [3.05, 3.63) is 24.3 Å². The standard InChI is InChI=1S/C26H38N2O2/c1-16-13-22-26(3,12-10-23(29)28(22)4)20-9-11-25(2)15-19(14-21(25)24(16)20)30-18-7-5-17(27)6-8-18/h5-8,16,19-22,24H,9-15,27H2,1-4H3/t16?,19-,20-,21-,22+,24?,25+,26+/m0/s1. The third-order valence-electron chi connectivity index (χ3n) is 9.84. The van der Waals surface area contributed by atoms with E-state index >= 15 is 0 Å². The number of nitrogen functional groups attached to an aromatic ring is 1. The molecule has 30 heavy (non-hydrogen) atoms. The summed E-state index contributed by atoms with van der Waals surface area (Å²) in [6, 6.07) is 8.29. The average molecular weight is 411 g/mol. The molecule has 0 spiro atoms. The Balaban J connectivity index is 1.39. The summed E-state index contributed by atoms with van der Waals surface area (Å²) < 4.78 is 6.46. The van der Waals surface area contributed by atoms with E-state index in [1.165, 1.54) is 19.3 Å². The van der Waals surface area contributed by atoms with Crippen LogP contribution in [0.3, 0.4) is 0 Å². The summed E-state index contributed by atoms with van der Waals surface area (Å²) in [5.74, 6) is 4.18. The molecule has 164 valence electrons. The number of carbonyl (C=O) groups is 1. The van der Waals surface area contributed by atoms with E-state index in [1.54, 1.807) is 0 Å². The first kappa shape index (κ1) is 20.2. The highest BCUT2D eigenvalue weighted by atomic mass is 16.5. The zero-order valence-corrected chi connectivity index (χ0v) is 19.1. The van der Waals surface area contributed by atoms with Crippen LogP contribution in [0.15, 0.2) is 24.3 Å². The molecule has 5 rings (SSSR count). The molecule has 0 radical (unpaired) electrons. The Kier molecular flexibility index (Phi) is 4.65. The predicted octanol–water partition coefficient (Wildman–Crippen LogP) is 5.13. The molecule has 2 N–H and O–H groups in total. The molecule has 1 heterocycles. The van der Waals surface area contributed by atoms with Crippen molar-refractivity contribution in [1.29, 1.82) is 0 Å². The number of amides is 1. The van der Waals surface area contributed by atoms with Crippen molar-refractivity contribution in [3.8, 4) is 5.75 Å². The first-order valence-electron chi connectivity index (χ1n) is 12.0. The number of nitrogens with two attached hydrogens (primary N) is 1. The molecular weight excluding hydrogens is 372 g/mol. The number of piperidine rings is 1. The maximum absolute atomic E-state index is 12.4. The minimum atomic E-state index is 0.275. The lowest BCUT2D eigenvalue weighted by Gasteiger charge is -2.63. The van der Waals surface area contributed by atoms with Crippen molar-refractivity contribution in [2.45, 2.75) is 77.9 Å². The smallest absolute Gasteiger partial charge is 0.222 e. The van der Waals surface area contributed by atoms with E-state index < -0.39 is 0 Å². The normalized spacial score (nSPS) is 45.5. The van der Waals surface area contributed by atoms with Crippen LogP contribution in [0.4, 0.5) is 5.69 Å². The van der Waals surface area contributed by atoms with Crippen LogP contribution in [-0.4, -0.2) is 30.0 Å². The second-order valence-electron chi connectivity index (χ2n) is 11.5. The average Bonchev–Trinajstić information content (AvgIpc) is 3.04. The zero-order valence-electron chi connectivity index (χ0n) is 19.1. The van der Waals surface area contributed by atoms with E-state index in [9.17, 15) is 4.79 Å². The number of carbonyl (C=O) groups excluding carboxylic acids is 1. The number of ether oxygens (including phenoxy) is 1. The Labute approximate surface area is 181 Å². The second kappa shape index (κ2) is 6.90. The van der Waals surface area contributed by atoms with Gasteiger partial charge < -0.3 is 15.4 Å². The highest BCUT2D eigenvalue weighted by Crippen LogP contribution is 2.66. The monoisotopic (exact) mass is 410 g/mol. The van der Waals surface area contributed by atoms with Crippen LogP contribution in [0.1, 0.15) is 65.7 Å². The lowest BCUT2D eigenvalue weighted by molar-refractivity contribution is -0.164. The maximum atomic E-state index is 12.4. The van der Waals surface area contributed by atoms with Crippen molar-refractivity contribution in [3.63, 3.8) is 0 Å².